The highest BCUT2D eigenvalue weighted by Gasteiger charge is 2.12. The molecule has 3 aromatic rings. The number of carbonyl (C=O) groups is 2. The zero-order valence-electron chi connectivity index (χ0n) is 16.5. The van der Waals surface area contributed by atoms with Crippen molar-refractivity contribution in [1.82, 2.24) is 4.57 Å². The summed E-state index contributed by atoms with van der Waals surface area (Å²) in [6.07, 6.45) is 8.15. The molecule has 1 aromatic heterocycles. The second-order valence-electron chi connectivity index (χ2n) is 6.21. The van der Waals surface area contributed by atoms with E-state index in [-0.39, 0.29) is 18.8 Å². The van der Waals surface area contributed by atoms with Crippen LogP contribution in [0.1, 0.15) is 22.8 Å². The van der Waals surface area contributed by atoms with E-state index in [2.05, 4.69) is 10.9 Å². The quantitative estimate of drug-likeness (QED) is 0.194. The van der Waals surface area contributed by atoms with Crippen LogP contribution in [0.4, 0.5) is 5.69 Å². The summed E-state index contributed by atoms with van der Waals surface area (Å²) in [6, 6.07) is 10.9. The van der Waals surface area contributed by atoms with Crippen LogP contribution in [-0.4, -0.2) is 28.0 Å². The standard InChI is InChI=1S/C22H17N3O5S/c1-3-12-24-18-10-9-16(21(27)30-4-2)14-19(18)31-22(24)23-20(26)11-8-15-6-5-7-17(13-15)25(28)29/h1,5-11,13-14H,4,12H2,2H3. The molecule has 0 saturated heterocycles. The fourth-order valence-corrected chi connectivity index (χ4v) is 3.86. The molecule has 0 fully saturated rings. The number of fused-ring (bicyclic) bond motifs is 1. The van der Waals surface area contributed by atoms with Crippen LogP contribution >= 0.6 is 11.3 Å². The van der Waals surface area contributed by atoms with Crippen LogP contribution in [-0.2, 0) is 16.1 Å². The summed E-state index contributed by atoms with van der Waals surface area (Å²) in [4.78, 5) is 39.2. The first-order valence-corrected chi connectivity index (χ1v) is 9.99. The van der Waals surface area contributed by atoms with Crippen LogP contribution in [0.3, 0.4) is 0 Å². The first kappa shape index (κ1) is 21.7. The fraction of sp³-hybridized carbons (Fsp3) is 0.136. The first-order chi connectivity index (χ1) is 14.9. The number of ether oxygens (including phenoxy) is 1. The third-order valence-electron chi connectivity index (χ3n) is 4.15. The van der Waals surface area contributed by atoms with Crippen molar-refractivity contribution in [3.8, 4) is 12.3 Å². The van der Waals surface area contributed by atoms with Gasteiger partial charge >= 0.3 is 5.97 Å². The van der Waals surface area contributed by atoms with Gasteiger partial charge in [-0.1, -0.05) is 29.4 Å². The van der Waals surface area contributed by atoms with E-state index in [4.69, 9.17) is 11.2 Å². The molecule has 9 heteroatoms. The number of carbonyl (C=O) groups excluding carboxylic acids is 2. The van der Waals surface area contributed by atoms with Crippen molar-refractivity contribution in [2.24, 2.45) is 4.99 Å². The van der Waals surface area contributed by atoms with Crippen LogP contribution in [0.5, 0.6) is 0 Å². The number of hydrogen-bond donors (Lipinski definition) is 0. The van der Waals surface area contributed by atoms with Crippen molar-refractivity contribution >= 4 is 45.2 Å². The van der Waals surface area contributed by atoms with Crippen LogP contribution in [0.25, 0.3) is 16.3 Å². The summed E-state index contributed by atoms with van der Waals surface area (Å²) in [5, 5.41) is 10.9. The average Bonchev–Trinajstić information content (AvgIpc) is 3.09. The highest BCUT2D eigenvalue weighted by atomic mass is 32.1. The van der Waals surface area contributed by atoms with E-state index in [1.165, 1.54) is 41.7 Å². The zero-order valence-corrected chi connectivity index (χ0v) is 17.3. The minimum absolute atomic E-state index is 0.0692. The summed E-state index contributed by atoms with van der Waals surface area (Å²) < 4.78 is 7.45. The SMILES string of the molecule is C#CCn1c(=NC(=O)C=Cc2cccc([N+](=O)[O-])c2)sc2cc(C(=O)OCC)ccc21. The maximum Gasteiger partial charge on any atom is 0.338 e. The van der Waals surface area contributed by atoms with Crippen LogP contribution in [0.15, 0.2) is 53.5 Å². The van der Waals surface area contributed by atoms with Crippen molar-refractivity contribution in [2.45, 2.75) is 13.5 Å². The van der Waals surface area contributed by atoms with Gasteiger partial charge in [0.15, 0.2) is 4.80 Å². The molecular formula is C22H17N3O5S. The van der Waals surface area contributed by atoms with Gasteiger partial charge in [0.1, 0.15) is 0 Å². The molecule has 8 nitrogen and oxygen atoms in total. The summed E-state index contributed by atoms with van der Waals surface area (Å²) in [5.74, 6) is 1.55. The number of nitrogens with zero attached hydrogens (tertiary/aromatic N) is 3. The van der Waals surface area contributed by atoms with Gasteiger partial charge in [-0.2, -0.15) is 4.99 Å². The normalized spacial score (nSPS) is 11.5. The molecule has 0 aliphatic carbocycles. The second kappa shape index (κ2) is 9.65. The maximum atomic E-state index is 12.4. The fourth-order valence-electron chi connectivity index (χ4n) is 2.79. The number of terminal acetylenes is 1. The Hall–Kier alpha value is -4.03. The molecule has 0 spiro atoms. The smallest absolute Gasteiger partial charge is 0.338 e. The Kier molecular flexibility index (Phi) is 6.74. The van der Waals surface area contributed by atoms with E-state index >= 15 is 0 Å². The molecule has 1 heterocycles. The molecule has 0 bridgehead atoms. The van der Waals surface area contributed by atoms with E-state index in [1.807, 2.05) is 0 Å². The molecule has 0 aliphatic rings. The van der Waals surface area contributed by atoms with Crippen molar-refractivity contribution in [2.75, 3.05) is 6.61 Å². The number of esters is 1. The van der Waals surface area contributed by atoms with Gasteiger partial charge in [-0.15, -0.1) is 6.42 Å². The van der Waals surface area contributed by atoms with Gasteiger partial charge in [0.25, 0.3) is 11.6 Å². The Morgan fingerprint density at radius 2 is 2.13 bits per heavy atom. The monoisotopic (exact) mass is 435 g/mol. The lowest BCUT2D eigenvalue weighted by Crippen LogP contribution is -2.15. The third-order valence-corrected chi connectivity index (χ3v) is 5.19. The van der Waals surface area contributed by atoms with E-state index in [9.17, 15) is 19.7 Å². The predicted octanol–water partition coefficient (Wildman–Crippen LogP) is 3.56. The van der Waals surface area contributed by atoms with Crippen LogP contribution in [0.2, 0.25) is 0 Å². The number of aromatic nitrogens is 1. The first-order valence-electron chi connectivity index (χ1n) is 9.18. The number of non-ortho nitro benzene ring substituents is 1. The number of rotatable bonds is 6. The van der Waals surface area contributed by atoms with Crippen LogP contribution in [0, 0.1) is 22.5 Å². The zero-order chi connectivity index (χ0) is 22.4. The molecule has 0 N–H and O–H groups in total. The molecule has 31 heavy (non-hydrogen) atoms. The summed E-state index contributed by atoms with van der Waals surface area (Å²) in [7, 11) is 0. The number of amides is 1. The minimum atomic E-state index is -0.547. The second-order valence-corrected chi connectivity index (χ2v) is 7.22. The predicted molar refractivity (Wildman–Crippen MR) is 117 cm³/mol. The molecule has 0 unspecified atom stereocenters. The summed E-state index contributed by atoms with van der Waals surface area (Å²) in [6.45, 7) is 2.19. The van der Waals surface area contributed by atoms with Crippen molar-refractivity contribution in [1.29, 1.82) is 0 Å². The molecule has 3 rings (SSSR count). The number of benzene rings is 2. The van der Waals surface area contributed by atoms with Gasteiger partial charge in [0, 0.05) is 18.2 Å². The lowest BCUT2D eigenvalue weighted by atomic mass is 10.2. The maximum absolute atomic E-state index is 12.4. The Morgan fingerprint density at radius 3 is 2.84 bits per heavy atom. The van der Waals surface area contributed by atoms with Crippen molar-refractivity contribution in [3.05, 3.63) is 74.6 Å². The number of thiazole rings is 1. The molecule has 156 valence electrons. The summed E-state index contributed by atoms with van der Waals surface area (Å²) in [5.41, 5.74) is 1.57. The van der Waals surface area contributed by atoms with Crippen molar-refractivity contribution < 1.29 is 19.2 Å². The lowest BCUT2D eigenvalue weighted by Gasteiger charge is -2.02. The minimum Gasteiger partial charge on any atom is -0.462 e. The highest BCUT2D eigenvalue weighted by molar-refractivity contribution is 7.16. The lowest BCUT2D eigenvalue weighted by molar-refractivity contribution is -0.384. The van der Waals surface area contributed by atoms with Gasteiger partial charge in [-0.25, -0.2) is 4.79 Å². The molecule has 1 amide bonds. The Bertz CT molecular complexity index is 1310. The van der Waals surface area contributed by atoms with E-state index in [1.54, 1.807) is 35.8 Å². The third kappa shape index (κ3) is 5.12. The molecule has 0 aliphatic heterocycles. The van der Waals surface area contributed by atoms with E-state index < -0.39 is 16.8 Å². The van der Waals surface area contributed by atoms with Crippen LogP contribution < -0.4 is 4.80 Å². The number of nitro benzene ring substituents is 1. The van der Waals surface area contributed by atoms with E-state index in [0.717, 1.165) is 10.2 Å². The molecule has 0 saturated carbocycles. The molecule has 2 aromatic carbocycles. The highest BCUT2D eigenvalue weighted by Crippen LogP contribution is 2.20. The Balaban J connectivity index is 1.96. The average molecular weight is 435 g/mol. The molecular weight excluding hydrogens is 418 g/mol. The van der Waals surface area contributed by atoms with Gasteiger partial charge in [-0.05, 0) is 36.8 Å². The van der Waals surface area contributed by atoms with Gasteiger partial charge in [0.2, 0.25) is 0 Å². The summed E-state index contributed by atoms with van der Waals surface area (Å²) >= 11 is 1.22. The van der Waals surface area contributed by atoms with Gasteiger partial charge in [0.05, 0.1) is 33.9 Å². The Labute approximate surface area is 181 Å². The number of nitro groups is 1. The largest absolute Gasteiger partial charge is 0.462 e. The van der Waals surface area contributed by atoms with Gasteiger partial charge < -0.3 is 9.30 Å². The Morgan fingerprint density at radius 1 is 1.32 bits per heavy atom. The number of hydrogen-bond acceptors (Lipinski definition) is 6. The topological polar surface area (TPSA) is 104 Å². The molecule has 0 radical (unpaired) electrons. The van der Waals surface area contributed by atoms with E-state index in [0.29, 0.717) is 15.9 Å². The van der Waals surface area contributed by atoms with Crippen molar-refractivity contribution in [3.63, 3.8) is 0 Å². The molecule has 0 atom stereocenters. The van der Waals surface area contributed by atoms with Gasteiger partial charge in [-0.3, -0.25) is 14.9 Å².